The van der Waals surface area contributed by atoms with Crippen LogP contribution in [0, 0.1) is 5.92 Å². The minimum Gasteiger partial charge on any atom is -0.250 e. The Kier molecular flexibility index (Phi) is 4.37. The Hall–Kier alpha value is -0.860. The molecule has 2 rings (SSSR count). The molecule has 0 amide bonds. The van der Waals surface area contributed by atoms with Crippen LogP contribution in [0.15, 0.2) is 41.2 Å². The molecular formula is C13H14ClNS. The van der Waals surface area contributed by atoms with Gasteiger partial charge in [0.25, 0.3) is 0 Å². The van der Waals surface area contributed by atoms with Crippen molar-refractivity contribution in [3.8, 4) is 0 Å². The average Bonchev–Trinajstić information content (AvgIpc) is 2.82. The van der Waals surface area contributed by atoms with E-state index in [2.05, 4.69) is 34.6 Å². The van der Waals surface area contributed by atoms with E-state index in [1.807, 2.05) is 11.6 Å². The second kappa shape index (κ2) is 6.02. The third kappa shape index (κ3) is 3.32. The van der Waals surface area contributed by atoms with Gasteiger partial charge in [0.15, 0.2) is 0 Å². The van der Waals surface area contributed by atoms with Crippen LogP contribution in [0.5, 0.6) is 0 Å². The lowest BCUT2D eigenvalue weighted by molar-refractivity contribution is 0.577. The van der Waals surface area contributed by atoms with E-state index < -0.39 is 0 Å². The fourth-order valence-corrected chi connectivity index (χ4v) is 2.55. The van der Waals surface area contributed by atoms with Crippen molar-refractivity contribution < 1.29 is 0 Å². The molecular weight excluding hydrogens is 238 g/mol. The van der Waals surface area contributed by atoms with Crippen molar-refractivity contribution in [3.05, 3.63) is 52.5 Å². The molecule has 1 aromatic heterocycles. The van der Waals surface area contributed by atoms with Crippen LogP contribution in [0.2, 0.25) is 0 Å². The van der Waals surface area contributed by atoms with E-state index in [0.29, 0.717) is 11.8 Å². The van der Waals surface area contributed by atoms with E-state index in [4.69, 9.17) is 11.6 Å². The Morgan fingerprint density at radius 1 is 1.19 bits per heavy atom. The first-order chi connectivity index (χ1) is 7.88. The summed E-state index contributed by atoms with van der Waals surface area (Å²) in [5, 5.41) is 2.10. The molecule has 0 fully saturated rings. The predicted octanol–water partition coefficient (Wildman–Crippen LogP) is 3.78. The van der Waals surface area contributed by atoms with E-state index >= 15 is 0 Å². The Labute approximate surface area is 105 Å². The molecule has 1 nitrogen and oxygen atoms in total. The zero-order valence-corrected chi connectivity index (χ0v) is 10.5. The van der Waals surface area contributed by atoms with E-state index in [-0.39, 0.29) is 0 Å². The van der Waals surface area contributed by atoms with Crippen molar-refractivity contribution in [1.29, 1.82) is 0 Å². The van der Waals surface area contributed by atoms with Crippen LogP contribution in [0.4, 0.5) is 0 Å². The Bertz CT molecular complexity index is 399. The molecule has 1 heterocycles. The molecule has 0 saturated heterocycles. The molecule has 84 valence electrons. The maximum Gasteiger partial charge on any atom is 0.0794 e. The fraction of sp³-hybridized carbons (Fsp3) is 0.308. The van der Waals surface area contributed by atoms with Gasteiger partial charge in [-0.05, 0) is 24.3 Å². The summed E-state index contributed by atoms with van der Waals surface area (Å²) < 4.78 is 0. The van der Waals surface area contributed by atoms with Crippen LogP contribution in [0.3, 0.4) is 0 Å². The second-order valence-electron chi connectivity index (χ2n) is 3.89. The molecule has 0 N–H and O–H groups in total. The van der Waals surface area contributed by atoms with Gasteiger partial charge >= 0.3 is 0 Å². The van der Waals surface area contributed by atoms with Crippen molar-refractivity contribution in [3.63, 3.8) is 0 Å². The van der Waals surface area contributed by atoms with Crippen molar-refractivity contribution >= 4 is 22.9 Å². The van der Waals surface area contributed by atoms with Gasteiger partial charge in [0.2, 0.25) is 0 Å². The lowest BCUT2D eigenvalue weighted by atomic mass is 9.97. The van der Waals surface area contributed by atoms with Gasteiger partial charge in [0.05, 0.1) is 11.2 Å². The van der Waals surface area contributed by atoms with E-state index in [9.17, 15) is 0 Å². The lowest BCUT2D eigenvalue weighted by Crippen LogP contribution is -2.10. The summed E-state index contributed by atoms with van der Waals surface area (Å²) in [6, 6.07) is 10.5. The van der Waals surface area contributed by atoms with Gasteiger partial charge in [0, 0.05) is 11.3 Å². The summed E-state index contributed by atoms with van der Waals surface area (Å²) in [5.41, 5.74) is 4.39. The quantitative estimate of drug-likeness (QED) is 0.737. The number of alkyl halides is 1. The average molecular weight is 252 g/mol. The molecule has 0 bridgehead atoms. The van der Waals surface area contributed by atoms with Crippen LogP contribution < -0.4 is 0 Å². The van der Waals surface area contributed by atoms with Gasteiger partial charge in [-0.15, -0.1) is 22.9 Å². The molecule has 3 heteroatoms. The lowest BCUT2D eigenvalue weighted by Gasteiger charge is -2.12. The van der Waals surface area contributed by atoms with Crippen molar-refractivity contribution in [1.82, 2.24) is 4.98 Å². The highest BCUT2D eigenvalue weighted by Gasteiger charge is 2.10. The van der Waals surface area contributed by atoms with Crippen LogP contribution in [0.1, 0.15) is 11.3 Å². The topological polar surface area (TPSA) is 12.9 Å². The standard InChI is InChI=1S/C13H14ClNS/c14-8-12(7-13-9-16-10-15-13)6-11-4-2-1-3-5-11/h1-5,9-10,12H,6-8H2. The first kappa shape index (κ1) is 11.6. The highest BCUT2D eigenvalue weighted by atomic mass is 35.5. The Balaban J connectivity index is 1.96. The summed E-state index contributed by atoms with van der Waals surface area (Å²) in [6.45, 7) is 0. The van der Waals surface area contributed by atoms with E-state index in [1.165, 1.54) is 5.56 Å². The number of rotatable bonds is 5. The predicted molar refractivity (Wildman–Crippen MR) is 70.2 cm³/mol. The smallest absolute Gasteiger partial charge is 0.0794 e. The van der Waals surface area contributed by atoms with Crippen molar-refractivity contribution in [2.75, 3.05) is 5.88 Å². The maximum atomic E-state index is 6.01. The third-order valence-corrected chi connectivity index (χ3v) is 3.64. The number of hydrogen-bond acceptors (Lipinski definition) is 2. The van der Waals surface area contributed by atoms with Gasteiger partial charge < -0.3 is 0 Å². The first-order valence-electron chi connectivity index (χ1n) is 5.35. The summed E-state index contributed by atoms with van der Waals surface area (Å²) >= 11 is 7.65. The van der Waals surface area contributed by atoms with Crippen LogP contribution in [-0.2, 0) is 12.8 Å². The van der Waals surface area contributed by atoms with Crippen LogP contribution in [-0.4, -0.2) is 10.9 Å². The SMILES string of the molecule is ClCC(Cc1ccccc1)Cc1cscn1. The number of benzene rings is 1. The van der Waals surface area contributed by atoms with Gasteiger partial charge in [-0.2, -0.15) is 0 Å². The second-order valence-corrected chi connectivity index (χ2v) is 4.92. The van der Waals surface area contributed by atoms with Crippen LogP contribution >= 0.6 is 22.9 Å². The number of halogens is 1. The van der Waals surface area contributed by atoms with Crippen molar-refractivity contribution in [2.24, 2.45) is 5.92 Å². The molecule has 0 aliphatic heterocycles. The molecule has 0 radical (unpaired) electrons. The van der Waals surface area contributed by atoms with Crippen molar-refractivity contribution in [2.45, 2.75) is 12.8 Å². The van der Waals surface area contributed by atoms with Gasteiger partial charge in [-0.25, -0.2) is 4.98 Å². The minimum atomic E-state index is 0.478. The normalized spacial score (nSPS) is 12.6. The molecule has 0 saturated carbocycles. The van der Waals surface area contributed by atoms with Gasteiger partial charge in [0.1, 0.15) is 0 Å². The molecule has 0 aliphatic rings. The summed E-state index contributed by atoms with van der Waals surface area (Å²) in [7, 11) is 0. The molecule has 0 aliphatic carbocycles. The van der Waals surface area contributed by atoms with Crippen LogP contribution in [0.25, 0.3) is 0 Å². The fourth-order valence-electron chi connectivity index (χ4n) is 1.76. The zero-order valence-electron chi connectivity index (χ0n) is 8.97. The Morgan fingerprint density at radius 2 is 2.00 bits per heavy atom. The third-order valence-electron chi connectivity index (χ3n) is 2.57. The molecule has 1 unspecified atom stereocenters. The number of hydrogen-bond donors (Lipinski definition) is 0. The molecule has 0 spiro atoms. The van der Waals surface area contributed by atoms with Gasteiger partial charge in [-0.3, -0.25) is 0 Å². The Morgan fingerprint density at radius 3 is 2.62 bits per heavy atom. The van der Waals surface area contributed by atoms with E-state index in [1.54, 1.807) is 11.3 Å². The number of nitrogens with zero attached hydrogens (tertiary/aromatic N) is 1. The largest absolute Gasteiger partial charge is 0.250 e. The summed E-state index contributed by atoms with van der Waals surface area (Å²) in [6.07, 6.45) is 2.00. The van der Waals surface area contributed by atoms with E-state index in [0.717, 1.165) is 18.5 Å². The molecule has 16 heavy (non-hydrogen) atoms. The number of aromatic nitrogens is 1. The zero-order chi connectivity index (χ0) is 11.2. The minimum absolute atomic E-state index is 0.478. The first-order valence-corrected chi connectivity index (χ1v) is 6.83. The summed E-state index contributed by atoms with van der Waals surface area (Å²) in [5.74, 6) is 1.16. The monoisotopic (exact) mass is 251 g/mol. The number of thiazole rings is 1. The molecule has 1 aromatic carbocycles. The molecule has 2 aromatic rings. The highest BCUT2D eigenvalue weighted by molar-refractivity contribution is 7.07. The highest BCUT2D eigenvalue weighted by Crippen LogP contribution is 2.16. The van der Waals surface area contributed by atoms with Gasteiger partial charge in [-0.1, -0.05) is 30.3 Å². The maximum absolute atomic E-state index is 6.01. The summed E-state index contributed by atoms with van der Waals surface area (Å²) in [4.78, 5) is 4.31. The molecule has 1 atom stereocenters.